The van der Waals surface area contributed by atoms with Crippen LogP contribution in [0.1, 0.15) is 43.0 Å². The highest BCUT2D eigenvalue weighted by Gasteiger charge is 2.00. The van der Waals surface area contributed by atoms with Crippen molar-refractivity contribution in [2.45, 2.75) is 39.0 Å². The maximum absolute atomic E-state index is 3.32. The van der Waals surface area contributed by atoms with Gasteiger partial charge in [0.1, 0.15) is 0 Å². The standard InChI is InChI=1S/C13H17BrS/c1-2-3-4-5-7-12-9-11-15-13(12)8-6-10-14/h9,11H,2-5,7,10H2,1H3. The zero-order valence-electron chi connectivity index (χ0n) is 9.18. The van der Waals surface area contributed by atoms with Gasteiger partial charge in [-0.1, -0.05) is 54.0 Å². The number of thiophene rings is 1. The Kier molecular flexibility index (Phi) is 6.80. The molecule has 0 unspecified atom stereocenters. The molecule has 0 fully saturated rings. The first kappa shape index (κ1) is 12.8. The number of unbranched alkanes of at least 4 members (excludes halogenated alkanes) is 3. The van der Waals surface area contributed by atoms with Gasteiger partial charge < -0.3 is 0 Å². The van der Waals surface area contributed by atoms with Crippen LogP contribution in [-0.4, -0.2) is 5.33 Å². The first-order valence-corrected chi connectivity index (χ1v) is 7.49. The molecule has 0 amide bonds. The molecular weight excluding hydrogens is 268 g/mol. The molecule has 0 saturated carbocycles. The number of hydrogen-bond donors (Lipinski definition) is 0. The monoisotopic (exact) mass is 284 g/mol. The van der Waals surface area contributed by atoms with Crippen molar-refractivity contribution in [1.29, 1.82) is 0 Å². The van der Waals surface area contributed by atoms with Gasteiger partial charge in [0, 0.05) is 0 Å². The lowest BCUT2D eigenvalue weighted by molar-refractivity contribution is 0.667. The summed E-state index contributed by atoms with van der Waals surface area (Å²) < 4.78 is 0. The molecule has 0 nitrogen and oxygen atoms in total. The van der Waals surface area contributed by atoms with E-state index in [1.807, 2.05) is 0 Å². The molecule has 0 N–H and O–H groups in total. The van der Waals surface area contributed by atoms with Gasteiger partial charge in [0.15, 0.2) is 0 Å². The molecule has 0 aliphatic carbocycles. The largest absolute Gasteiger partial charge is 0.135 e. The Morgan fingerprint density at radius 3 is 2.93 bits per heavy atom. The Morgan fingerprint density at radius 1 is 1.33 bits per heavy atom. The molecule has 0 spiro atoms. The van der Waals surface area contributed by atoms with Crippen LogP contribution in [0.4, 0.5) is 0 Å². The summed E-state index contributed by atoms with van der Waals surface area (Å²) in [7, 11) is 0. The summed E-state index contributed by atoms with van der Waals surface area (Å²) in [6.07, 6.45) is 6.49. The van der Waals surface area contributed by atoms with Crippen molar-refractivity contribution in [2.24, 2.45) is 0 Å². The second-order valence-electron chi connectivity index (χ2n) is 3.52. The SMILES string of the molecule is CCCCCCc1ccsc1C#CCBr. The molecule has 82 valence electrons. The molecule has 0 aliphatic rings. The lowest BCUT2D eigenvalue weighted by Crippen LogP contribution is -1.85. The summed E-state index contributed by atoms with van der Waals surface area (Å²) in [5, 5.41) is 2.91. The van der Waals surface area contributed by atoms with Crippen LogP contribution in [0.3, 0.4) is 0 Å². The van der Waals surface area contributed by atoms with Gasteiger partial charge in [-0.05, 0) is 29.9 Å². The van der Waals surface area contributed by atoms with Crippen LogP contribution in [-0.2, 0) is 6.42 Å². The Balaban J connectivity index is 2.43. The molecule has 2 heteroatoms. The number of aryl methyl sites for hydroxylation is 1. The minimum Gasteiger partial charge on any atom is -0.135 e. The van der Waals surface area contributed by atoms with E-state index < -0.39 is 0 Å². The van der Waals surface area contributed by atoms with Gasteiger partial charge in [-0.3, -0.25) is 0 Å². The molecule has 0 aliphatic heterocycles. The highest BCUT2D eigenvalue weighted by molar-refractivity contribution is 9.09. The van der Waals surface area contributed by atoms with Crippen LogP contribution < -0.4 is 0 Å². The van der Waals surface area contributed by atoms with Gasteiger partial charge in [0.05, 0.1) is 10.2 Å². The van der Waals surface area contributed by atoms with E-state index >= 15 is 0 Å². The van der Waals surface area contributed by atoms with E-state index in [-0.39, 0.29) is 0 Å². The van der Waals surface area contributed by atoms with Gasteiger partial charge in [0.25, 0.3) is 0 Å². The van der Waals surface area contributed by atoms with Crippen LogP contribution in [0.5, 0.6) is 0 Å². The fourth-order valence-corrected chi connectivity index (χ4v) is 2.46. The van der Waals surface area contributed by atoms with Gasteiger partial charge in [-0.2, -0.15) is 0 Å². The van der Waals surface area contributed by atoms with Crippen molar-refractivity contribution in [1.82, 2.24) is 0 Å². The Bertz CT molecular complexity index is 330. The van der Waals surface area contributed by atoms with E-state index in [0.717, 1.165) is 5.33 Å². The van der Waals surface area contributed by atoms with Crippen LogP contribution >= 0.6 is 27.3 Å². The summed E-state index contributed by atoms with van der Waals surface area (Å²) in [5.74, 6) is 6.28. The predicted molar refractivity (Wildman–Crippen MR) is 72.8 cm³/mol. The Hall–Kier alpha value is -0.260. The van der Waals surface area contributed by atoms with E-state index in [0.29, 0.717) is 0 Å². The summed E-state index contributed by atoms with van der Waals surface area (Å²) >= 11 is 5.08. The van der Waals surface area contributed by atoms with Crippen molar-refractivity contribution in [2.75, 3.05) is 5.33 Å². The first-order chi connectivity index (χ1) is 7.38. The number of halogens is 1. The predicted octanol–water partition coefficient (Wildman–Crippen LogP) is 4.62. The number of rotatable bonds is 5. The van der Waals surface area contributed by atoms with Crippen LogP contribution in [0.2, 0.25) is 0 Å². The Morgan fingerprint density at radius 2 is 2.20 bits per heavy atom. The fraction of sp³-hybridized carbons (Fsp3) is 0.538. The molecule has 1 rings (SSSR count). The summed E-state index contributed by atoms with van der Waals surface area (Å²) in [6.45, 7) is 2.25. The van der Waals surface area contributed by atoms with E-state index in [4.69, 9.17) is 0 Å². The summed E-state index contributed by atoms with van der Waals surface area (Å²) in [6, 6.07) is 2.22. The molecule has 0 atom stereocenters. The maximum Gasteiger partial charge on any atom is 0.0800 e. The van der Waals surface area contributed by atoms with Gasteiger partial charge in [-0.15, -0.1) is 11.3 Å². The van der Waals surface area contributed by atoms with E-state index in [9.17, 15) is 0 Å². The first-order valence-electron chi connectivity index (χ1n) is 5.49. The second-order valence-corrected chi connectivity index (χ2v) is 5.00. The summed E-state index contributed by atoms with van der Waals surface area (Å²) in [4.78, 5) is 1.26. The van der Waals surface area contributed by atoms with Crippen molar-refractivity contribution in [3.8, 4) is 11.8 Å². The number of alkyl halides is 1. The number of hydrogen-bond acceptors (Lipinski definition) is 1. The van der Waals surface area contributed by atoms with Crippen LogP contribution in [0, 0.1) is 11.8 Å². The molecule has 15 heavy (non-hydrogen) atoms. The minimum atomic E-state index is 0.764. The highest BCUT2D eigenvalue weighted by atomic mass is 79.9. The molecule has 1 aromatic rings. The molecule has 0 saturated heterocycles. The zero-order valence-corrected chi connectivity index (χ0v) is 11.6. The van der Waals surface area contributed by atoms with E-state index in [1.165, 1.54) is 42.5 Å². The van der Waals surface area contributed by atoms with E-state index in [2.05, 4.69) is 46.1 Å². The molecule has 1 aromatic heterocycles. The average molecular weight is 285 g/mol. The smallest absolute Gasteiger partial charge is 0.0800 e. The van der Waals surface area contributed by atoms with Gasteiger partial charge in [0.2, 0.25) is 0 Å². The fourth-order valence-electron chi connectivity index (χ4n) is 1.50. The summed E-state index contributed by atoms with van der Waals surface area (Å²) in [5.41, 5.74) is 1.43. The van der Waals surface area contributed by atoms with Gasteiger partial charge in [-0.25, -0.2) is 0 Å². The third kappa shape index (κ3) is 4.86. The molecule has 1 heterocycles. The van der Waals surface area contributed by atoms with Crippen molar-refractivity contribution in [3.05, 3.63) is 21.9 Å². The second kappa shape index (κ2) is 7.96. The zero-order chi connectivity index (χ0) is 10.9. The topological polar surface area (TPSA) is 0 Å². The highest BCUT2D eigenvalue weighted by Crippen LogP contribution is 2.18. The molecule has 0 aromatic carbocycles. The lowest BCUT2D eigenvalue weighted by atomic mass is 10.1. The quantitative estimate of drug-likeness (QED) is 0.421. The minimum absolute atomic E-state index is 0.764. The van der Waals surface area contributed by atoms with E-state index in [1.54, 1.807) is 11.3 Å². The molecule has 0 bridgehead atoms. The normalized spacial score (nSPS) is 9.73. The van der Waals surface area contributed by atoms with Gasteiger partial charge >= 0.3 is 0 Å². The maximum atomic E-state index is 3.32. The van der Waals surface area contributed by atoms with Crippen molar-refractivity contribution >= 4 is 27.3 Å². The molecular formula is C13H17BrS. The molecule has 0 radical (unpaired) electrons. The van der Waals surface area contributed by atoms with Crippen LogP contribution in [0.25, 0.3) is 0 Å². The van der Waals surface area contributed by atoms with Crippen LogP contribution in [0.15, 0.2) is 11.4 Å². The van der Waals surface area contributed by atoms with Crippen molar-refractivity contribution in [3.63, 3.8) is 0 Å². The third-order valence-electron chi connectivity index (χ3n) is 2.32. The average Bonchev–Trinajstić information content (AvgIpc) is 2.69. The Labute approximate surface area is 105 Å². The lowest BCUT2D eigenvalue weighted by Gasteiger charge is -1.98. The van der Waals surface area contributed by atoms with Crippen molar-refractivity contribution < 1.29 is 0 Å². The third-order valence-corrected chi connectivity index (χ3v) is 3.47.